The summed E-state index contributed by atoms with van der Waals surface area (Å²) in [5.74, 6) is 0. The Labute approximate surface area is 330 Å². The summed E-state index contributed by atoms with van der Waals surface area (Å²) in [6, 6.07) is 49.6. The van der Waals surface area contributed by atoms with E-state index in [1.165, 1.54) is 0 Å². The molecule has 0 fully saturated rings. The highest BCUT2D eigenvalue weighted by molar-refractivity contribution is 5.82. The molecule has 0 radical (unpaired) electrons. The van der Waals surface area contributed by atoms with Gasteiger partial charge in [0.25, 0.3) is 0 Å². The molecule has 0 saturated carbocycles. The maximum atomic E-state index is 9.36. The van der Waals surface area contributed by atoms with E-state index in [9.17, 15) is 11.0 Å². The molecule has 0 N–H and O–H groups in total. The van der Waals surface area contributed by atoms with Gasteiger partial charge in [-0.3, -0.25) is 0 Å². The van der Waals surface area contributed by atoms with Gasteiger partial charge in [0.2, 0.25) is 0 Å². The molecule has 0 heterocycles. The van der Waals surface area contributed by atoms with E-state index in [-0.39, 0.29) is 22.5 Å². The number of anilines is 6. The van der Waals surface area contributed by atoms with Crippen molar-refractivity contribution in [3.63, 3.8) is 0 Å². The lowest BCUT2D eigenvalue weighted by molar-refractivity contribution is 1.28. The second-order valence-electron chi connectivity index (χ2n) is 12.5. The summed E-state index contributed by atoms with van der Waals surface area (Å²) in [5.41, 5.74) is 5.66. The third-order valence-corrected chi connectivity index (χ3v) is 8.79. The van der Waals surface area contributed by atoms with E-state index in [0.29, 0.717) is 22.7 Å². The zero-order valence-electron chi connectivity index (χ0n) is 37.4. The molecule has 0 bridgehead atoms. The Morgan fingerprint density at radius 3 is 0.833 bits per heavy atom. The van der Waals surface area contributed by atoms with Crippen molar-refractivity contribution in [3.05, 3.63) is 240 Å². The van der Waals surface area contributed by atoms with Crippen LogP contribution in [0.4, 0.5) is 34.1 Å². The Balaban J connectivity index is 1.21. The predicted molar refractivity (Wildman–Crippen MR) is 232 cm³/mol. The van der Waals surface area contributed by atoms with E-state index in [1.807, 2.05) is 194 Å². The second kappa shape index (κ2) is 16.5. The lowest BCUT2D eigenvalue weighted by Crippen LogP contribution is -2.10. The van der Waals surface area contributed by atoms with Crippen LogP contribution in [-0.4, -0.2) is 0 Å². The first-order valence-electron chi connectivity index (χ1n) is 21.7. The zero-order chi connectivity index (χ0) is 43.3. The molecule has 0 atom stereocenters. The van der Waals surface area contributed by atoms with Gasteiger partial charge in [0.15, 0.2) is 0 Å². The van der Waals surface area contributed by atoms with Crippen LogP contribution in [-0.2, 0) is 0 Å². The maximum absolute atomic E-state index is 9.36. The topological polar surface area (TPSA) is 6.48 Å². The SMILES string of the molecule is [2H]c1c([2H])c(N(c2ccccc2)c2ccc(/C=C/c3ccccc3)cc2)c([2H])c([2H])c1-c1c([2H])c([2H])c(N(c2ccccc2)c2ccc(/C=C/c3ccccc3)cc2)c([2H])c1[2H]. The van der Waals surface area contributed by atoms with Gasteiger partial charge >= 0.3 is 0 Å². The average Bonchev–Trinajstić information content (AvgIpc) is 3.32. The van der Waals surface area contributed by atoms with Gasteiger partial charge in [0.05, 0.1) is 11.0 Å². The molecule has 0 amide bonds. The molecule has 2 heteroatoms. The number of hydrogen-bond donors (Lipinski definition) is 0. The van der Waals surface area contributed by atoms with E-state index in [0.717, 1.165) is 22.3 Å². The molecular weight excluding hydrogens is 653 g/mol. The molecule has 0 aromatic heterocycles. The van der Waals surface area contributed by atoms with Gasteiger partial charge in [-0.2, -0.15) is 0 Å². The molecule has 0 aliphatic rings. The Morgan fingerprint density at radius 1 is 0.259 bits per heavy atom. The predicted octanol–water partition coefficient (Wildman–Crippen LogP) is 14.6. The summed E-state index contributed by atoms with van der Waals surface area (Å²) >= 11 is 0. The number of benzene rings is 8. The van der Waals surface area contributed by atoms with Crippen molar-refractivity contribution < 1.29 is 11.0 Å². The van der Waals surface area contributed by atoms with Crippen molar-refractivity contribution in [1.82, 2.24) is 0 Å². The number of hydrogen-bond acceptors (Lipinski definition) is 2. The van der Waals surface area contributed by atoms with Crippen LogP contribution in [0.3, 0.4) is 0 Å². The van der Waals surface area contributed by atoms with Gasteiger partial charge in [-0.05, 0) is 106 Å². The van der Waals surface area contributed by atoms with Crippen LogP contribution in [0.15, 0.2) is 218 Å². The van der Waals surface area contributed by atoms with Gasteiger partial charge in [0, 0.05) is 34.1 Å². The molecule has 0 saturated heterocycles. The van der Waals surface area contributed by atoms with Crippen molar-refractivity contribution in [3.8, 4) is 11.1 Å². The summed E-state index contributed by atoms with van der Waals surface area (Å²) in [6.07, 6.45) is 7.98. The third kappa shape index (κ3) is 8.15. The van der Waals surface area contributed by atoms with Crippen molar-refractivity contribution >= 4 is 58.4 Å². The van der Waals surface area contributed by atoms with Crippen molar-refractivity contribution in [2.24, 2.45) is 0 Å². The monoisotopic (exact) mass is 700 g/mol. The Kier molecular flexibility index (Phi) is 7.84. The van der Waals surface area contributed by atoms with Gasteiger partial charge < -0.3 is 9.80 Å². The first-order valence-corrected chi connectivity index (χ1v) is 17.7. The third-order valence-electron chi connectivity index (χ3n) is 8.79. The molecule has 8 aromatic carbocycles. The van der Waals surface area contributed by atoms with Crippen LogP contribution in [0, 0.1) is 0 Å². The molecule has 0 unspecified atom stereocenters. The molecule has 258 valence electrons. The normalized spacial score (nSPS) is 13.3. The smallest absolute Gasteiger partial charge is 0.0645 e. The van der Waals surface area contributed by atoms with Crippen LogP contribution in [0.1, 0.15) is 33.2 Å². The number of para-hydroxylation sites is 2. The highest BCUT2D eigenvalue weighted by Gasteiger charge is 2.14. The summed E-state index contributed by atoms with van der Waals surface area (Å²) < 4.78 is 74.7. The molecule has 54 heavy (non-hydrogen) atoms. The summed E-state index contributed by atoms with van der Waals surface area (Å²) in [6.45, 7) is 0. The Hall–Kier alpha value is -7.16. The first-order chi connectivity index (χ1) is 30.1. The van der Waals surface area contributed by atoms with Gasteiger partial charge in [0.1, 0.15) is 0 Å². The van der Waals surface area contributed by atoms with E-state index < -0.39 is 48.3 Å². The summed E-state index contributed by atoms with van der Waals surface area (Å²) in [5, 5.41) is 0. The number of nitrogens with zero attached hydrogens (tertiary/aromatic N) is 2. The highest BCUT2D eigenvalue weighted by atomic mass is 15.1. The van der Waals surface area contributed by atoms with Crippen molar-refractivity contribution in [1.29, 1.82) is 0 Å². The standard InChI is InChI=1S/C52H40N2/c1-5-13-41(14-6-1)21-23-43-25-33-49(34-26-43)53(47-17-9-3-10-18-47)51-37-29-45(30-38-51)46-31-39-52(40-32-46)54(48-19-11-4-12-20-48)50-35-27-44(28-36-50)24-22-42-15-7-2-8-16-42/h1-40H/b23-21+,24-22+/i29D,30D,31D,32D,37D,38D,39D,40D. The molecular formula is C52H40N2. The minimum Gasteiger partial charge on any atom is -0.311 e. The molecule has 0 spiro atoms. The molecule has 8 aromatic rings. The lowest BCUT2D eigenvalue weighted by Gasteiger charge is -2.26. The molecule has 0 aliphatic carbocycles. The van der Waals surface area contributed by atoms with Crippen LogP contribution >= 0.6 is 0 Å². The molecule has 0 aliphatic heterocycles. The first kappa shape index (κ1) is 25.7. The zero-order valence-corrected chi connectivity index (χ0v) is 29.4. The Bertz CT molecular complexity index is 2640. The van der Waals surface area contributed by atoms with E-state index in [1.54, 1.807) is 9.80 Å². The van der Waals surface area contributed by atoms with Gasteiger partial charge in [-0.15, -0.1) is 0 Å². The van der Waals surface area contributed by atoms with Gasteiger partial charge in [-0.25, -0.2) is 0 Å². The van der Waals surface area contributed by atoms with Crippen molar-refractivity contribution in [2.75, 3.05) is 9.80 Å². The summed E-state index contributed by atoms with van der Waals surface area (Å²) in [4.78, 5) is 3.32. The quantitative estimate of drug-likeness (QED) is 0.124. The van der Waals surface area contributed by atoms with Crippen LogP contribution in [0.5, 0.6) is 0 Å². The highest BCUT2D eigenvalue weighted by Crippen LogP contribution is 2.38. The summed E-state index contributed by atoms with van der Waals surface area (Å²) in [7, 11) is 0. The molecule has 2 nitrogen and oxygen atoms in total. The lowest BCUT2D eigenvalue weighted by atomic mass is 10.0. The van der Waals surface area contributed by atoms with E-state index in [4.69, 9.17) is 0 Å². The fourth-order valence-electron chi connectivity index (χ4n) is 6.04. The fraction of sp³-hybridized carbons (Fsp3) is 0. The van der Waals surface area contributed by atoms with Crippen molar-refractivity contribution in [2.45, 2.75) is 0 Å². The average molecular weight is 701 g/mol. The minimum absolute atomic E-state index is 0.0216. The second-order valence-corrected chi connectivity index (χ2v) is 12.5. The van der Waals surface area contributed by atoms with E-state index in [2.05, 4.69) is 0 Å². The molecule has 8 rings (SSSR count). The van der Waals surface area contributed by atoms with Crippen LogP contribution in [0.25, 0.3) is 35.4 Å². The maximum Gasteiger partial charge on any atom is 0.0645 e. The number of rotatable bonds is 11. The fourth-order valence-corrected chi connectivity index (χ4v) is 6.04. The van der Waals surface area contributed by atoms with E-state index >= 15 is 0 Å². The van der Waals surface area contributed by atoms with Crippen LogP contribution in [0.2, 0.25) is 0 Å². The van der Waals surface area contributed by atoms with Crippen LogP contribution < -0.4 is 9.80 Å². The minimum atomic E-state index is -0.489. The van der Waals surface area contributed by atoms with Gasteiger partial charge in [-0.1, -0.05) is 170 Å². The largest absolute Gasteiger partial charge is 0.311 e. The Morgan fingerprint density at radius 2 is 0.519 bits per heavy atom.